The number of amides is 1. The average molecular weight is 328 g/mol. The van der Waals surface area contributed by atoms with E-state index < -0.39 is 5.54 Å². The number of nitriles is 1. The van der Waals surface area contributed by atoms with Gasteiger partial charge >= 0.3 is 0 Å². The number of hydrogen-bond acceptors (Lipinski definition) is 5. The van der Waals surface area contributed by atoms with Crippen molar-refractivity contribution in [3.63, 3.8) is 0 Å². The Hall–Kier alpha value is -2.26. The minimum Gasteiger partial charge on any atom is -0.506 e. The molecule has 0 bridgehead atoms. The highest BCUT2D eigenvalue weighted by Crippen LogP contribution is 2.29. The fraction of sp³-hybridized carbons (Fsp3) is 0.556. The number of phenolic OH excluding ortho intramolecular Hbond substituents is 1. The van der Waals surface area contributed by atoms with Gasteiger partial charge in [0.05, 0.1) is 18.3 Å². The highest BCUT2D eigenvalue weighted by molar-refractivity contribution is 5.79. The number of carbonyl (C=O) groups excluding carboxylic acids is 1. The molecule has 1 saturated carbocycles. The second-order valence-corrected chi connectivity index (χ2v) is 6.70. The molecule has 1 saturated heterocycles. The van der Waals surface area contributed by atoms with Gasteiger partial charge in [0.25, 0.3) is 0 Å². The monoisotopic (exact) mass is 328 g/mol. The van der Waals surface area contributed by atoms with Crippen LogP contribution in [0.3, 0.4) is 0 Å². The molecule has 0 atom stereocenters. The molecule has 2 fully saturated rings. The summed E-state index contributed by atoms with van der Waals surface area (Å²) >= 11 is 0. The Morgan fingerprint density at radius 2 is 1.88 bits per heavy atom. The number of aromatic hydroxyl groups is 1. The van der Waals surface area contributed by atoms with Gasteiger partial charge in [0.15, 0.2) is 0 Å². The van der Waals surface area contributed by atoms with Gasteiger partial charge in [-0.1, -0.05) is 12.1 Å². The summed E-state index contributed by atoms with van der Waals surface area (Å²) < 4.78 is 0. The molecule has 24 heavy (non-hydrogen) atoms. The minimum atomic E-state index is -0.644. The van der Waals surface area contributed by atoms with E-state index in [0.717, 1.165) is 57.5 Å². The second kappa shape index (κ2) is 7.10. The van der Waals surface area contributed by atoms with Gasteiger partial charge in [0, 0.05) is 26.2 Å². The summed E-state index contributed by atoms with van der Waals surface area (Å²) in [6, 6.07) is 9.63. The first-order chi connectivity index (χ1) is 11.6. The van der Waals surface area contributed by atoms with Gasteiger partial charge in [-0.2, -0.15) is 5.26 Å². The van der Waals surface area contributed by atoms with Gasteiger partial charge in [-0.15, -0.1) is 0 Å². The molecule has 6 nitrogen and oxygen atoms in total. The highest BCUT2D eigenvalue weighted by Gasteiger charge is 2.35. The lowest BCUT2D eigenvalue weighted by molar-refractivity contribution is -0.123. The Morgan fingerprint density at radius 3 is 2.50 bits per heavy atom. The van der Waals surface area contributed by atoms with Crippen LogP contribution in [0, 0.1) is 11.3 Å². The van der Waals surface area contributed by atoms with Crippen LogP contribution in [0.5, 0.6) is 5.75 Å². The Balaban J connectivity index is 1.50. The molecule has 0 unspecified atom stereocenters. The third kappa shape index (κ3) is 3.62. The molecule has 128 valence electrons. The summed E-state index contributed by atoms with van der Waals surface area (Å²) in [6.07, 6.45) is 3.53. The van der Waals surface area contributed by atoms with Crippen LogP contribution < -0.4 is 10.2 Å². The van der Waals surface area contributed by atoms with E-state index in [0.29, 0.717) is 12.3 Å². The topological polar surface area (TPSA) is 79.6 Å². The average Bonchev–Trinajstić information content (AvgIpc) is 3.05. The number of carbonyl (C=O) groups is 1. The zero-order chi connectivity index (χ0) is 17.0. The SMILES string of the molecule is N#CC1(NC(=O)CN2CCN(c3ccccc3O)CC2)CCCC1. The van der Waals surface area contributed by atoms with Crippen molar-refractivity contribution in [2.75, 3.05) is 37.6 Å². The number of benzene rings is 1. The first-order valence-corrected chi connectivity index (χ1v) is 8.59. The first kappa shape index (κ1) is 16.6. The number of phenols is 1. The normalized spacial score (nSPS) is 20.5. The summed E-state index contributed by atoms with van der Waals surface area (Å²) in [5, 5.41) is 22.2. The fourth-order valence-corrected chi connectivity index (χ4v) is 3.63. The number of hydrogen-bond donors (Lipinski definition) is 2. The second-order valence-electron chi connectivity index (χ2n) is 6.70. The zero-order valence-electron chi connectivity index (χ0n) is 13.9. The number of nitrogens with zero attached hydrogens (tertiary/aromatic N) is 3. The standard InChI is InChI=1S/C18H24N4O2/c19-14-18(7-3-4-8-18)20-17(24)13-21-9-11-22(12-10-21)15-5-1-2-6-16(15)23/h1-2,5-6,23H,3-4,7-13H2,(H,20,24). The molecule has 1 aliphatic heterocycles. The maximum absolute atomic E-state index is 12.3. The van der Waals surface area contributed by atoms with Crippen LogP contribution in [0.4, 0.5) is 5.69 Å². The molecule has 0 aromatic heterocycles. The van der Waals surface area contributed by atoms with E-state index >= 15 is 0 Å². The molecule has 1 aromatic carbocycles. The zero-order valence-corrected chi connectivity index (χ0v) is 13.9. The lowest BCUT2D eigenvalue weighted by Crippen LogP contribution is -2.53. The predicted molar refractivity (Wildman–Crippen MR) is 91.7 cm³/mol. The summed E-state index contributed by atoms with van der Waals surface area (Å²) in [5.74, 6) is 0.232. The number of nitrogens with one attached hydrogen (secondary N) is 1. The highest BCUT2D eigenvalue weighted by atomic mass is 16.3. The van der Waals surface area contributed by atoms with Gasteiger partial charge < -0.3 is 15.3 Å². The van der Waals surface area contributed by atoms with E-state index in [-0.39, 0.29) is 5.91 Å². The van der Waals surface area contributed by atoms with Crippen molar-refractivity contribution < 1.29 is 9.90 Å². The van der Waals surface area contributed by atoms with Gasteiger partial charge in [0.2, 0.25) is 5.91 Å². The number of para-hydroxylation sites is 2. The summed E-state index contributed by atoms with van der Waals surface area (Å²) in [7, 11) is 0. The molecule has 2 N–H and O–H groups in total. The molecule has 2 aliphatic rings. The molecule has 1 heterocycles. The van der Waals surface area contributed by atoms with Crippen LogP contribution in [0.1, 0.15) is 25.7 Å². The minimum absolute atomic E-state index is 0.0607. The van der Waals surface area contributed by atoms with E-state index in [2.05, 4.69) is 21.2 Å². The van der Waals surface area contributed by atoms with E-state index in [1.165, 1.54) is 0 Å². The van der Waals surface area contributed by atoms with Crippen LogP contribution in [-0.2, 0) is 4.79 Å². The maximum Gasteiger partial charge on any atom is 0.235 e. The Morgan fingerprint density at radius 1 is 1.21 bits per heavy atom. The molecular formula is C18H24N4O2. The largest absolute Gasteiger partial charge is 0.506 e. The molecule has 1 aliphatic carbocycles. The van der Waals surface area contributed by atoms with E-state index in [4.69, 9.17) is 0 Å². The van der Waals surface area contributed by atoms with Gasteiger partial charge in [-0.25, -0.2) is 0 Å². The Kier molecular flexibility index (Phi) is 4.91. The summed E-state index contributed by atoms with van der Waals surface area (Å²) in [5.41, 5.74) is 0.199. The predicted octanol–water partition coefficient (Wildman–Crippen LogP) is 1.47. The van der Waals surface area contributed by atoms with Crippen LogP contribution in [0.2, 0.25) is 0 Å². The Labute approximate surface area is 142 Å². The molecule has 0 radical (unpaired) electrons. The van der Waals surface area contributed by atoms with Crippen molar-refractivity contribution in [2.45, 2.75) is 31.2 Å². The third-order valence-corrected chi connectivity index (χ3v) is 5.01. The van der Waals surface area contributed by atoms with E-state index in [9.17, 15) is 15.2 Å². The molecule has 1 aromatic rings. The third-order valence-electron chi connectivity index (χ3n) is 5.01. The van der Waals surface area contributed by atoms with Crippen LogP contribution in [0.15, 0.2) is 24.3 Å². The quantitative estimate of drug-likeness (QED) is 0.875. The van der Waals surface area contributed by atoms with Crippen LogP contribution in [0.25, 0.3) is 0 Å². The van der Waals surface area contributed by atoms with Gasteiger partial charge in [-0.05, 0) is 37.8 Å². The lowest BCUT2D eigenvalue weighted by Gasteiger charge is -2.36. The van der Waals surface area contributed by atoms with E-state index in [1.807, 2.05) is 18.2 Å². The molecule has 3 rings (SSSR count). The molecule has 6 heteroatoms. The van der Waals surface area contributed by atoms with Crippen molar-refractivity contribution in [3.05, 3.63) is 24.3 Å². The number of piperazine rings is 1. The molecule has 1 amide bonds. The van der Waals surface area contributed by atoms with Crippen LogP contribution >= 0.6 is 0 Å². The van der Waals surface area contributed by atoms with E-state index in [1.54, 1.807) is 6.07 Å². The van der Waals surface area contributed by atoms with Crippen molar-refractivity contribution in [2.24, 2.45) is 0 Å². The van der Waals surface area contributed by atoms with Crippen molar-refractivity contribution in [3.8, 4) is 11.8 Å². The molecule has 0 spiro atoms. The fourth-order valence-electron chi connectivity index (χ4n) is 3.63. The smallest absolute Gasteiger partial charge is 0.235 e. The summed E-state index contributed by atoms with van der Waals surface area (Å²) in [6.45, 7) is 3.41. The van der Waals surface area contributed by atoms with Gasteiger partial charge in [0.1, 0.15) is 11.3 Å². The van der Waals surface area contributed by atoms with Crippen LogP contribution in [-0.4, -0.2) is 54.2 Å². The summed E-state index contributed by atoms with van der Waals surface area (Å²) in [4.78, 5) is 16.5. The van der Waals surface area contributed by atoms with Crippen molar-refractivity contribution >= 4 is 11.6 Å². The van der Waals surface area contributed by atoms with Gasteiger partial charge in [-0.3, -0.25) is 9.69 Å². The lowest BCUT2D eigenvalue weighted by atomic mass is 10.00. The molecular weight excluding hydrogens is 304 g/mol. The Bertz CT molecular complexity index is 626. The number of anilines is 1. The number of rotatable bonds is 4. The van der Waals surface area contributed by atoms with Crippen molar-refractivity contribution in [1.29, 1.82) is 5.26 Å². The first-order valence-electron chi connectivity index (χ1n) is 8.59. The van der Waals surface area contributed by atoms with Crippen molar-refractivity contribution in [1.82, 2.24) is 10.2 Å². The maximum atomic E-state index is 12.3.